The Kier molecular flexibility index (Phi) is 21.5. The van der Waals surface area contributed by atoms with Crippen molar-refractivity contribution in [3.05, 3.63) is 18.2 Å². The summed E-state index contributed by atoms with van der Waals surface area (Å²) < 4.78 is 48.4. The van der Waals surface area contributed by atoms with E-state index in [9.17, 15) is 34.8 Å². The number of anilines is 1. The number of ketones is 1. The summed E-state index contributed by atoms with van der Waals surface area (Å²) in [5, 5.41) is 48.1. The molecule has 19 nitrogen and oxygen atoms in total. The van der Waals surface area contributed by atoms with Crippen LogP contribution in [0, 0.1) is 23.7 Å². The molecule has 3 aliphatic heterocycles. The van der Waals surface area contributed by atoms with Gasteiger partial charge in [0, 0.05) is 49.3 Å². The van der Waals surface area contributed by atoms with E-state index in [2.05, 4.69) is 26.9 Å². The number of aliphatic hydroxyl groups is 4. The average Bonchev–Trinajstić information content (AvgIpc) is 3.73. The topological polar surface area (TPSA) is 250 Å². The molecular formula is C50H84N4O15S. The van der Waals surface area contributed by atoms with Gasteiger partial charge in [0.15, 0.2) is 12.6 Å². The first-order valence-corrected chi connectivity index (χ1v) is 25.6. The van der Waals surface area contributed by atoms with Crippen LogP contribution in [0.1, 0.15) is 108 Å². The van der Waals surface area contributed by atoms with Gasteiger partial charge in [-0.15, -0.1) is 11.8 Å². The van der Waals surface area contributed by atoms with E-state index < -0.39 is 108 Å². The SMILES string of the molecule is CCCSc1ccc2nc(NC(=O)OC)[nH]c2c1.CC[C@H]1OC(=O)[C@H](C)[C@@H](O[C@H]2C[C@@](C)(OC)[C@@H](O)[C@H](C)O2)[C@H](C)[C@@H](O[C@@H]2O[C@H](C)C[C@H](N(C)C)[C@H]2O)[C@](C)(OC)C[C@@H](C)C(=O)[C@H](C)[C@@H](O)[C@]1(C)O. The number of H-pyrrole nitrogens is 1. The van der Waals surface area contributed by atoms with Crippen molar-refractivity contribution in [1.82, 2.24) is 14.9 Å². The summed E-state index contributed by atoms with van der Waals surface area (Å²) in [5.74, 6) is -2.98. The van der Waals surface area contributed by atoms with Gasteiger partial charge in [0.2, 0.25) is 5.95 Å². The minimum atomic E-state index is -1.96. The van der Waals surface area contributed by atoms with Gasteiger partial charge in [-0.25, -0.2) is 9.78 Å². The number of amides is 1. The Balaban J connectivity index is 0.000000491. The zero-order chi connectivity index (χ0) is 52.6. The molecule has 0 spiro atoms. The van der Waals surface area contributed by atoms with Gasteiger partial charge in [0.05, 0.1) is 65.8 Å². The second kappa shape index (κ2) is 25.3. The number of rotatable bonds is 12. The molecule has 3 saturated heterocycles. The number of hydrogen-bond acceptors (Lipinski definition) is 18. The molecule has 18 atom stereocenters. The third-order valence-corrected chi connectivity index (χ3v) is 15.8. The standard InChI is InChI=1S/C38H69NO13.C12H15N3O2S/c1-15-26-38(10,45)31(42)21(4)28(40)19(2)17-37(9,47-14)33(52-35-29(41)25(39(11)12)16-20(3)48-35)22(5)30(23(6)34(44)50-26)51-27-18-36(8,46-13)32(43)24(7)49-27;1-3-6-18-8-4-5-9-10(7-8)14-11(13-9)15-12(16)17-2/h19-27,29-33,35,41-43,45H,15-18H2,1-14H3;4-5,7H,3,6H2,1-2H3,(H2,13,14,15,16)/t19-,20-,21+,22+,23-,24+,25+,26-,27+,29-,30+,31-,32+,33-,35+,36-,37-,38-;/m1./s1. The normalized spacial score (nSPS) is 39.1. The molecule has 70 heavy (non-hydrogen) atoms. The molecule has 0 bridgehead atoms. The number of nitrogens with one attached hydrogen (secondary N) is 2. The van der Waals surface area contributed by atoms with E-state index in [0.29, 0.717) is 12.4 Å². The number of cyclic esters (lactones) is 1. The smallest absolute Gasteiger partial charge is 0.413 e. The van der Waals surface area contributed by atoms with Crippen molar-refractivity contribution in [2.45, 2.75) is 197 Å². The molecular weight excluding hydrogens is 929 g/mol. The molecule has 6 N–H and O–H groups in total. The van der Waals surface area contributed by atoms with E-state index in [1.165, 1.54) is 33.1 Å². The number of carbonyl (C=O) groups is 3. The summed E-state index contributed by atoms with van der Waals surface area (Å²) >= 11 is 1.80. The van der Waals surface area contributed by atoms with Gasteiger partial charge in [0.1, 0.15) is 29.7 Å². The zero-order valence-corrected chi connectivity index (χ0v) is 45.0. The van der Waals surface area contributed by atoms with E-state index in [0.717, 1.165) is 23.2 Å². The van der Waals surface area contributed by atoms with E-state index in [-0.39, 0.29) is 37.2 Å². The lowest BCUT2D eigenvalue weighted by Gasteiger charge is -2.50. The Hall–Kier alpha value is -2.99. The van der Waals surface area contributed by atoms with Gasteiger partial charge in [0.25, 0.3) is 0 Å². The van der Waals surface area contributed by atoms with Gasteiger partial charge in [-0.05, 0) is 105 Å². The van der Waals surface area contributed by atoms with E-state index in [1.54, 1.807) is 60.2 Å². The number of carbonyl (C=O) groups excluding carboxylic acids is 3. The largest absolute Gasteiger partial charge is 0.459 e. The average molecular weight is 1010 g/mol. The Morgan fingerprint density at radius 2 is 1.59 bits per heavy atom. The number of thioether (sulfide) groups is 1. The number of methoxy groups -OCH3 is 3. The van der Waals surface area contributed by atoms with E-state index in [4.69, 9.17) is 33.2 Å². The molecule has 2 aromatic rings. The number of ether oxygens (including phenoxy) is 8. The van der Waals surface area contributed by atoms with Gasteiger partial charge >= 0.3 is 12.1 Å². The van der Waals surface area contributed by atoms with Crippen LogP contribution >= 0.6 is 11.8 Å². The molecule has 1 amide bonds. The summed E-state index contributed by atoms with van der Waals surface area (Å²) in [4.78, 5) is 49.6. The van der Waals surface area contributed by atoms with Crippen LogP contribution in [0.5, 0.6) is 0 Å². The fourth-order valence-corrected chi connectivity index (χ4v) is 10.9. The van der Waals surface area contributed by atoms with Gasteiger partial charge < -0.3 is 68.2 Å². The summed E-state index contributed by atoms with van der Waals surface area (Å²) in [6, 6.07) is 5.72. The molecule has 4 heterocycles. The Morgan fingerprint density at radius 3 is 2.17 bits per heavy atom. The number of aliphatic hydroxyl groups excluding tert-OH is 3. The van der Waals surface area contributed by atoms with Gasteiger partial charge in [-0.3, -0.25) is 14.9 Å². The second-order valence-electron chi connectivity index (χ2n) is 20.4. The fourth-order valence-electron chi connectivity index (χ4n) is 10.1. The van der Waals surface area contributed by atoms with Crippen molar-refractivity contribution >= 4 is 46.6 Å². The number of nitrogens with zero attached hydrogens (tertiary/aromatic N) is 2. The number of imidazole rings is 1. The fraction of sp³-hybridized carbons (Fsp3) is 0.800. The third kappa shape index (κ3) is 14.0. The molecule has 3 aliphatic rings. The number of hydrogen-bond donors (Lipinski definition) is 6. The predicted molar refractivity (Wildman–Crippen MR) is 264 cm³/mol. The molecule has 0 unspecified atom stereocenters. The number of benzene rings is 1. The molecule has 1 aromatic heterocycles. The van der Waals surface area contributed by atoms with Crippen molar-refractivity contribution in [2.24, 2.45) is 23.7 Å². The summed E-state index contributed by atoms with van der Waals surface area (Å²) in [5.41, 5.74) is -2.52. The first kappa shape index (κ1) is 59.6. The van der Waals surface area contributed by atoms with Gasteiger partial charge in [-0.2, -0.15) is 0 Å². The molecule has 1 aromatic carbocycles. The van der Waals surface area contributed by atoms with Crippen LogP contribution in [-0.2, 0) is 47.5 Å². The molecule has 0 aliphatic carbocycles. The molecule has 0 radical (unpaired) electrons. The number of likely N-dealkylation sites (N-methyl/N-ethyl adjacent to an activating group) is 1. The van der Waals surface area contributed by atoms with Crippen molar-refractivity contribution in [3.63, 3.8) is 0 Å². The monoisotopic (exact) mass is 1010 g/mol. The lowest BCUT2D eigenvalue weighted by molar-refractivity contribution is -0.319. The van der Waals surface area contributed by atoms with Crippen LogP contribution < -0.4 is 5.32 Å². The van der Waals surface area contributed by atoms with Crippen LogP contribution in [0.3, 0.4) is 0 Å². The van der Waals surface area contributed by atoms with Crippen molar-refractivity contribution in [3.8, 4) is 0 Å². The lowest BCUT2D eigenvalue weighted by Crippen LogP contribution is -2.61. The van der Waals surface area contributed by atoms with E-state index in [1.807, 2.05) is 51.0 Å². The number of esters is 1. The maximum Gasteiger partial charge on any atom is 0.413 e. The first-order valence-electron chi connectivity index (χ1n) is 24.6. The number of aromatic amines is 1. The Morgan fingerprint density at radius 1 is 0.929 bits per heavy atom. The van der Waals surface area contributed by atoms with Crippen molar-refractivity contribution in [2.75, 3.05) is 46.5 Å². The lowest BCUT2D eigenvalue weighted by atomic mass is 9.74. The van der Waals surface area contributed by atoms with Gasteiger partial charge in [-0.1, -0.05) is 34.6 Å². The van der Waals surface area contributed by atoms with Crippen LogP contribution in [0.25, 0.3) is 11.0 Å². The highest BCUT2D eigenvalue weighted by molar-refractivity contribution is 7.99. The molecule has 5 rings (SSSR count). The minimum absolute atomic E-state index is 0.111. The van der Waals surface area contributed by atoms with Crippen LogP contribution in [0.2, 0.25) is 0 Å². The molecule has 3 fully saturated rings. The molecule has 400 valence electrons. The van der Waals surface area contributed by atoms with Crippen LogP contribution in [0.4, 0.5) is 10.7 Å². The maximum atomic E-state index is 14.2. The summed E-state index contributed by atoms with van der Waals surface area (Å²) in [6.45, 7) is 19.2. The summed E-state index contributed by atoms with van der Waals surface area (Å²) in [7, 11) is 8.08. The number of Topliss-reactive ketones (excluding diaryl/α,β-unsaturated/α-hetero) is 1. The first-order chi connectivity index (χ1) is 32.7. The summed E-state index contributed by atoms with van der Waals surface area (Å²) in [6.07, 6.45) is -8.12. The van der Waals surface area contributed by atoms with Crippen molar-refractivity contribution in [1.29, 1.82) is 0 Å². The van der Waals surface area contributed by atoms with Crippen molar-refractivity contribution < 1.29 is 72.7 Å². The highest BCUT2D eigenvalue weighted by Gasteiger charge is 2.54. The molecule has 20 heteroatoms. The highest BCUT2D eigenvalue weighted by atomic mass is 32.2. The Labute approximate surface area is 418 Å². The highest BCUT2D eigenvalue weighted by Crippen LogP contribution is 2.42. The quantitative estimate of drug-likeness (QED) is 0.110. The number of aromatic nitrogens is 2. The zero-order valence-electron chi connectivity index (χ0n) is 44.2. The minimum Gasteiger partial charge on any atom is -0.459 e. The molecule has 0 saturated carbocycles. The maximum absolute atomic E-state index is 14.2. The third-order valence-electron chi connectivity index (χ3n) is 14.6. The van der Waals surface area contributed by atoms with E-state index >= 15 is 0 Å². The van der Waals surface area contributed by atoms with Crippen LogP contribution in [-0.4, -0.2) is 179 Å². The second-order valence-corrected chi connectivity index (χ2v) is 21.5. The van der Waals surface area contributed by atoms with Crippen LogP contribution in [0.15, 0.2) is 23.1 Å². The predicted octanol–water partition coefficient (Wildman–Crippen LogP) is 5.68. The Bertz CT molecular complexity index is 2010. The number of fused-ring (bicyclic) bond motifs is 1.